The molecule has 0 spiro atoms. The van der Waals surface area contributed by atoms with Crippen LogP contribution in [0.5, 0.6) is 0 Å². The average Bonchev–Trinajstić information content (AvgIpc) is 2.78. The summed E-state index contributed by atoms with van der Waals surface area (Å²) in [6.45, 7) is 0. The van der Waals surface area contributed by atoms with Crippen molar-refractivity contribution in [3.63, 3.8) is 0 Å². The van der Waals surface area contributed by atoms with E-state index in [1.165, 1.54) is 11.8 Å². The van der Waals surface area contributed by atoms with Crippen molar-refractivity contribution in [1.29, 1.82) is 0 Å². The fourth-order valence-corrected chi connectivity index (χ4v) is 4.55. The lowest BCUT2D eigenvalue weighted by Gasteiger charge is -2.34. The van der Waals surface area contributed by atoms with E-state index >= 15 is 0 Å². The third kappa shape index (κ3) is 3.49. The van der Waals surface area contributed by atoms with Gasteiger partial charge in [0.05, 0.1) is 5.36 Å². The molecule has 0 saturated heterocycles. The summed E-state index contributed by atoms with van der Waals surface area (Å²) in [6.07, 6.45) is -0.512. The largest absolute Gasteiger partial charge is 0.298 e. The number of rotatable bonds is 3. The molecule has 148 valence electrons. The smallest absolute Gasteiger partial charge is 0.276 e. The first-order chi connectivity index (χ1) is 14.7. The van der Waals surface area contributed by atoms with Crippen molar-refractivity contribution in [2.45, 2.75) is 11.9 Å². The van der Waals surface area contributed by atoms with Crippen LogP contribution in [0.3, 0.4) is 0 Å². The molecular weight excluding hydrogens is 416 g/mol. The molecule has 2 aliphatic rings. The van der Waals surface area contributed by atoms with Crippen LogP contribution in [0.25, 0.3) is 5.70 Å². The summed E-state index contributed by atoms with van der Waals surface area (Å²) in [7, 11) is 0. The summed E-state index contributed by atoms with van der Waals surface area (Å²) in [5.74, 6) is 0.508. The van der Waals surface area contributed by atoms with Crippen LogP contribution >= 0.6 is 23.4 Å². The highest BCUT2D eigenvalue weighted by molar-refractivity contribution is 8.13. The lowest BCUT2D eigenvalue weighted by molar-refractivity contribution is -0.116. The molecule has 7 heteroatoms. The first kappa shape index (κ1) is 18.9. The van der Waals surface area contributed by atoms with Crippen LogP contribution in [0.1, 0.15) is 17.3 Å². The molecule has 1 N–H and O–H groups in total. The minimum Gasteiger partial charge on any atom is -0.298 e. The maximum atomic E-state index is 13.1. The molecule has 2 aliphatic heterocycles. The Morgan fingerprint density at radius 1 is 0.967 bits per heavy atom. The van der Waals surface area contributed by atoms with Gasteiger partial charge in [-0.15, -0.1) is 5.10 Å². The topological polar surface area (TPSA) is 57.1 Å². The first-order valence-corrected chi connectivity index (χ1v) is 10.8. The summed E-state index contributed by atoms with van der Waals surface area (Å²) in [6, 6.07) is 25.2. The minimum absolute atomic E-state index is 0.194. The van der Waals surface area contributed by atoms with E-state index in [4.69, 9.17) is 21.7 Å². The number of nitrogens with zero attached hydrogens (tertiary/aromatic N) is 3. The summed E-state index contributed by atoms with van der Waals surface area (Å²) >= 11 is 7.96. The van der Waals surface area contributed by atoms with Crippen LogP contribution in [0.15, 0.2) is 89.0 Å². The number of amidine groups is 1. The zero-order chi connectivity index (χ0) is 20.5. The molecule has 2 heterocycles. The number of fused-ring (bicyclic) bond motifs is 2. The molecule has 0 aromatic heterocycles. The minimum atomic E-state index is -0.512. The maximum absolute atomic E-state index is 13.1. The number of thioether (sulfide) groups is 1. The highest BCUT2D eigenvalue weighted by Gasteiger charge is 2.35. The Balaban J connectivity index is 1.59. The molecule has 0 unspecified atom stereocenters. The quantitative estimate of drug-likeness (QED) is 0.690. The molecular formula is C23H17ClN4OS. The summed E-state index contributed by atoms with van der Waals surface area (Å²) < 4.78 is 0. The molecule has 0 radical (unpaired) electrons. The number of hydrogen-bond acceptors (Lipinski definition) is 5. The van der Waals surface area contributed by atoms with E-state index < -0.39 is 6.17 Å². The molecule has 0 fully saturated rings. The van der Waals surface area contributed by atoms with Crippen molar-refractivity contribution >= 4 is 40.1 Å². The number of amides is 1. The van der Waals surface area contributed by atoms with Gasteiger partial charge >= 0.3 is 0 Å². The third-order valence-corrected chi connectivity index (χ3v) is 6.20. The van der Waals surface area contributed by atoms with Crippen molar-refractivity contribution in [2.75, 3.05) is 0 Å². The summed E-state index contributed by atoms with van der Waals surface area (Å²) in [5, 5.41) is 12.0. The number of nitrogens with one attached hydrogen (secondary N) is 1. The Kier molecular flexibility index (Phi) is 5.02. The number of halogens is 1. The Bertz CT molecular complexity index is 1280. The van der Waals surface area contributed by atoms with E-state index in [-0.39, 0.29) is 5.91 Å². The first-order valence-electron chi connectivity index (χ1n) is 9.48. The van der Waals surface area contributed by atoms with E-state index in [0.717, 1.165) is 21.7 Å². The molecule has 1 amide bonds. The number of hydrogen-bond donors (Lipinski definition) is 1. The van der Waals surface area contributed by atoms with Crippen LogP contribution in [-0.4, -0.2) is 16.1 Å². The third-order valence-electron chi connectivity index (χ3n) is 4.92. The normalized spacial score (nSPS) is 17.4. The molecule has 0 saturated carbocycles. The van der Waals surface area contributed by atoms with Gasteiger partial charge < -0.3 is 0 Å². The van der Waals surface area contributed by atoms with Gasteiger partial charge in [-0.1, -0.05) is 90.1 Å². The maximum Gasteiger partial charge on any atom is 0.276 e. The van der Waals surface area contributed by atoms with Crippen molar-refractivity contribution in [3.8, 4) is 0 Å². The second kappa shape index (κ2) is 7.97. The van der Waals surface area contributed by atoms with Gasteiger partial charge in [0.25, 0.3) is 5.91 Å². The van der Waals surface area contributed by atoms with Crippen LogP contribution < -0.4 is 15.9 Å². The van der Waals surface area contributed by atoms with Crippen molar-refractivity contribution in [1.82, 2.24) is 10.3 Å². The van der Waals surface area contributed by atoms with Gasteiger partial charge in [-0.3, -0.25) is 15.1 Å². The van der Waals surface area contributed by atoms with Gasteiger partial charge in [-0.25, -0.2) is 5.01 Å². The van der Waals surface area contributed by atoms with Crippen LogP contribution in [-0.2, 0) is 10.5 Å². The van der Waals surface area contributed by atoms with E-state index in [1.54, 1.807) is 5.01 Å². The Morgan fingerprint density at radius 2 is 1.70 bits per heavy atom. The molecule has 5 nitrogen and oxygen atoms in total. The zero-order valence-electron chi connectivity index (χ0n) is 15.8. The van der Waals surface area contributed by atoms with Gasteiger partial charge in [0, 0.05) is 21.6 Å². The second-order valence-corrected chi connectivity index (χ2v) is 8.24. The van der Waals surface area contributed by atoms with Crippen molar-refractivity contribution in [3.05, 3.63) is 106 Å². The standard InChI is InChI=1S/C23H17ClN4OS/c24-18-12-6-4-10-16(18)21-25-19-13-7-5-11-17(19)20-22(29)26-23(27-28(20)21)30-14-15-8-2-1-3-9-15/h1-13,21H,14H2,(H,26,27,29)/t21-/m1/s1. The number of hydrazone groups is 1. The lowest BCUT2D eigenvalue weighted by Crippen LogP contribution is -2.50. The van der Waals surface area contributed by atoms with Gasteiger partial charge in [0.15, 0.2) is 11.3 Å². The predicted octanol–water partition coefficient (Wildman–Crippen LogP) is 3.42. The monoisotopic (exact) mass is 432 g/mol. The lowest BCUT2D eigenvalue weighted by atomic mass is 10.1. The Labute approximate surface area is 182 Å². The average molecular weight is 433 g/mol. The van der Waals surface area contributed by atoms with Crippen molar-refractivity contribution < 1.29 is 4.79 Å². The Hall–Kier alpha value is -3.09. The number of benzene rings is 3. The Morgan fingerprint density at radius 3 is 2.53 bits per heavy atom. The molecule has 0 bridgehead atoms. The molecule has 1 atom stereocenters. The molecule has 5 rings (SSSR count). The van der Waals surface area contributed by atoms with Crippen molar-refractivity contribution in [2.24, 2.45) is 10.1 Å². The molecule has 3 aromatic carbocycles. The SMILES string of the molecule is O=C1NC(SCc2ccccc2)=NN2C1=c1ccccc1=N[C@H]2c1ccccc1Cl. The van der Waals surface area contributed by atoms with E-state index in [2.05, 4.69) is 17.4 Å². The fourth-order valence-electron chi connectivity index (χ4n) is 3.51. The van der Waals surface area contributed by atoms with Gasteiger partial charge in [-0.2, -0.15) is 0 Å². The second-order valence-electron chi connectivity index (χ2n) is 6.87. The highest BCUT2D eigenvalue weighted by atomic mass is 35.5. The van der Waals surface area contributed by atoms with Gasteiger partial charge in [-0.05, 0) is 17.7 Å². The number of carbonyl (C=O) groups is 1. The van der Waals surface area contributed by atoms with E-state index in [0.29, 0.717) is 21.6 Å². The van der Waals surface area contributed by atoms with Gasteiger partial charge in [0.2, 0.25) is 0 Å². The van der Waals surface area contributed by atoms with E-state index in [1.807, 2.05) is 66.7 Å². The zero-order valence-corrected chi connectivity index (χ0v) is 17.4. The number of carbonyl (C=O) groups excluding carboxylic acids is 1. The van der Waals surface area contributed by atoms with E-state index in [9.17, 15) is 4.79 Å². The molecule has 30 heavy (non-hydrogen) atoms. The fraction of sp³-hybridized carbons (Fsp3) is 0.0870. The summed E-state index contributed by atoms with van der Waals surface area (Å²) in [4.78, 5) is 18.0. The molecule has 0 aliphatic carbocycles. The number of para-hydroxylation sites is 1. The summed E-state index contributed by atoms with van der Waals surface area (Å²) in [5.41, 5.74) is 2.44. The predicted molar refractivity (Wildman–Crippen MR) is 120 cm³/mol. The van der Waals surface area contributed by atoms with Gasteiger partial charge in [0.1, 0.15) is 5.70 Å². The van der Waals surface area contributed by atoms with Crippen LogP contribution in [0, 0.1) is 0 Å². The molecule has 3 aromatic rings. The van der Waals surface area contributed by atoms with Crippen LogP contribution in [0.2, 0.25) is 5.02 Å². The highest BCUT2D eigenvalue weighted by Crippen LogP contribution is 2.34. The van der Waals surface area contributed by atoms with Crippen LogP contribution in [0.4, 0.5) is 0 Å².